The molecule has 1 fully saturated rings. The number of hydrogen-bond acceptors (Lipinski definition) is 8. The quantitative estimate of drug-likeness (QED) is 0.529. The number of carbonyl (C=O) groups excluding carboxylic acids is 1. The van der Waals surface area contributed by atoms with Gasteiger partial charge in [0.2, 0.25) is 6.29 Å². The molecule has 0 saturated carbocycles. The number of hydrogen-bond donors (Lipinski definition) is 4. The van der Waals surface area contributed by atoms with Crippen molar-refractivity contribution >= 4 is 5.97 Å². The molecule has 0 unspecified atom stereocenters. The second-order valence-corrected chi connectivity index (χ2v) is 4.91. The molecular formula is C14H18O8. The Morgan fingerprint density at radius 2 is 1.77 bits per heavy atom. The summed E-state index contributed by atoms with van der Waals surface area (Å²) in [6, 6.07) is 5.64. The number of aliphatic hydroxyl groups excluding tert-OH is 3. The van der Waals surface area contributed by atoms with Crippen molar-refractivity contribution in [1.29, 1.82) is 0 Å². The zero-order valence-electron chi connectivity index (χ0n) is 11.8. The minimum Gasteiger partial charge on any atom is -0.508 e. The lowest BCUT2D eigenvalue weighted by molar-refractivity contribution is -0.273. The van der Waals surface area contributed by atoms with E-state index < -0.39 is 36.7 Å². The highest BCUT2D eigenvalue weighted by atomic mass is 16.7. The summed E-state index contributed by atoms with van der Waals surface area (Å²) in [6.07, 6.45) is -7.14. The third-order valence-corrected chi connectivity index (χ3v) is 3.35. The molecule has 8 heteroatoms. The van der Waals surface area contributed by atoms with Crippen LogP contribution in [-0.4, -0.2) is 64.2 Å². The summed E-state index contributed by atoms with van der Waals surface area (Å²) in [5.74, 6) is -0.310. The molecule has 2 rings (SSSR count). The first kappa shape index (κ1) is 16.5. The fourth-order valence-corrected chi connectivity index (χ4v) is 2.09. The number of benzene rings is 1. The molecule has 0 bridgehead atoms. The van der Waals surface area contributed by atoms with Crippen LogP contribution in [0.25, 0.3) is 0 Å². The van der Waals surface area contributed by atoms with E-state index in [1.165, 1.54) is 31.4 Å². The van der Waals surface area contributed by atoms with Gasteiger partial charge in [0.1, 0.15) is 35.9 Å². The summed E-state index contributed by atoms with van der Waals surface area (Å²) >= 11 is 0. The zero-order chi connectivity index (χ0) is 16.3. The van der Waals surface area contributed by atoms with Crippen molar-refractivity contribution in [3.05, 3.63) is 24.3 Å². The number of rotatable bonds is 4. The molecule has 1 aromatic rings. The molecule has 0 radical (unpaired) electrons. The van der Waals surface area contributed by atoms with Crippen molar-refractivity contribution in [3.63, 3.8) is 0 Å². The van der Waals surface area contributed by atoms with E-state index in [1.54, 1.807) is 0 Å². The fourth-order valence-electron chi connectivity index (χ4n) is 2.09. The Morgan fingerprint density at radius 1 is 1.14 bits per heavy atom. The van der Waals surface area contributed by atoms with E-state index in [0.717, 1.165) is 0 Å². The molecule has 0 aliphatic carbocycles. The van der Waals surface area contributed by atoms with Crippen molar-refractivity contribution in [1.82, 2.24) is 0 Å². The monoisotopic (exact) mass is 314 g/mol. The topological polar surface area (TPSA) is 126 Å². The van der Waals surface area contributed by atoms with Crippen LogP contribution >= 0.6 is 0 Å². The number of aliphatic hydroxyl groups is 3. The highest BCUT2D eigenvalue weighted by Crippen LogP contribution is 2.26. The van der Waals surface area contributed by atoms with Crippen LogP contribution in [0.1, 0.15) is 6.42 Å². The van der Waals surface area contributed by atoms with Crippen molar-refractivity contribution in [2.45, 2.75) is 37.1 Å². The molecule has 122 valence electrons. The second kappa shape index (κ2) is 6.93. The maximum atomic E-state index is 11.3. The summed E-state index contributed by atoms with van der Waals surface area (Å²) in [5, 5.41) is 38.8. The SMILES string of the molecule is COC(=O)C[C@H]1O[C@@H](Oc2ccc(O)cc2)[C@H](O)[C@@H](O)[C@@H]1O. The second-order valence-electron chi connectivity index (χ2n) is 4.91. The minimum atomic E-state index is -1.54. The molecule has 4 N–H and O–H groups in total. The molecule has 0 spiro atoms. The molecular weight excluding hydrogens is 296 g/mol. The van der Waals surface area contributed by atoms with Gasteiger partial charge in [0, 0.05) is 0 Å². The summed E-state index contributed by atoms with van der Waals surface area (Å²) in [4.78, 5) is 11.3. The highest BCUT2D eigenvalue weighted by molar-refractivity contribution is 5.69. The average Bonchev–Trinajstić information content (AvgIpc) is 2.51. The molecule has 1 aliphatic heterocycles. The average molecular weight is 314 g/mol. The Kier molecular flexibility index (Phi) is 5.19. The molecule has 1 aromatic carbocycles. The highest BCUT2D eigenvalue weighted by Gasteiger charge is 2.45. The third-order valence-electron chi connectivity index (χ3n) is 3.35. The number of phenolic OH excluding ortho intramolecular Hbond substituents is 1. The molecule has 1 saturated heterocycles. The normalized spacial score (nSPS) is 31.5. The van der Waals surface area contributed by atoms with Crippen LogP contribution < -0.4 is 4.74 Å². The summed E-state index contributed by atoms with van der Waals surface area (Å²) in [5.41, 5.74) is 0. The van der Waals surface area contributed by atoms with Crippen LogP contribution in [0.2, 0.25) is 0 Å². The van der Waals surface area contributed by atoms with Gasteiger partial charge < -0.3 is 34.6 Å². The van der Waals surface area contributed by atoms with E-state index in [2.05, 4.69) is 4.74 Å². The predicted molar refractivity (Wildman–Crippen MR) is 72.0 cm³/mol. The van der Waals surface area contributed by atoms with E-state index >= 15 is 0 Å². The molecule has 22 heavy (non-hydrogen) atoms. The van der Waals surface area contributed by atoms with Gasteiger partial charge in [0.05, 0.1) is 13.5 Å². The lowest BCUT2D eigenvalue weighted by atomic mass is 9.97. The molecule has 0 aromatic heterocycles. The van der Waals surface area contributed by atoms with Crippen LogP contribution in [0.15, 0.2) is 24.3 Å². The number of esters is 1. The largest absolute Gasteiger partial charge is 0.508 e. The van der Waals surface area contributed by atoms with E-state index in [1.807, 2.05) is 0 Å². The van der Waals surface area contributed by atoms with Gasteiger partial charge >= 0.3 is 5.97 Å². The Balaban J connectivity index is 2.08. The van der Waals surface area contributed by atoms with Crippen molar-refractivity contribution < 1.29 is 39.4 Å². The van der Waals surface area contributed by atoms with E-state index in [4.69, 9.17) is 9.47 Å². The first-order valence-corrected chi connectivity index (χ1v) is 6.64. The van der Waals surface area contributed by atoms with Crippen LogP contribution in [0, 0.1) is 0 Å². The molecule has 1 aliphatic rings. The fraction of sp³-hybridized carbons (Fsp3) is 0.500. The predicted octanol–water partition coefficient (Wildman–Crippen LogP) is -0.858. The van der Waals surface area contributed by atoms with E-state index in [-0.39, 0.29) is 17.9 Å². The summed E-state index contributed by atoms with van der Waals surface area (Å²) in [6.45, 7) is 0. The third kappa shape index (κ3) is 3.66. The molecule has 5 atom stereocenters. The molecule has 0 amide bonds. The Labute approximate surface area is 126 Å². The molecule has 8 nitrogen and oxygen atoms in total. The Hall–Kier alpha value is -1.87. The van der Waals surface area contributed by atoms with Gasteiger partial charge in [-0.1, -0.05) is 0 Å². The van der Waals surface area contributed by atoms with Gasteiger partial charge in [-0.25, -0.2) is 0 Å². The van der Waals surface area contributed by atoms with E-state index in [9.17, 15) is 25.2 Å². The minimum absolute atomic E-state index is 0.0384. The summed E-state index contributed by atoms with van der Waals surface area (Å²) in [7, 11) is 1.19. The maximum Gasteiger partial charge on any atom is 0.308 e. The number of phenols is 1. The summed E-state index contributed by atoms with van der Waals surface area (Å²) < 4.78 is 15.2. The van der Waals surface area contributed by atoms with Gasteiger partial charge in [-0.05, 0) is 24.3 Å². The number of carbonyl (C=O) groups is 1. The van der Waals surface area contributed by atoms with E-state index in [0.29, 0.717) is 0 Å². The first-order chi connectivity index (χ1) is 10.4. The smallest absolute Gasteiger partial charge is 0.308 e. The van der Waals surface area contributed by atoms with Crippen molar-refractivity contribution in [2.75, 3.05) is 7.11 Å². The van der Waals surface area contributed by atoms with Gasteiger partial charge in [0.15, 0.2) is 0 Å². The Morgan fingerprint density at radius 3 is 2.36 bits per heavy atom. The number of aromatic hydroxyl groups is 1. The van der Waals surface area contributed by atoms with Gasteiger partial charge in [-0.15, -0.1) is 0 Å². The standard InChI is InChI=1S/C14H18O8/c1-20-10(16)6-9-11(17)12(18)13(19)14(22-9)21-8-4-2-7(15)3-5-8/h2-5,9,11-15,17-19H,6H2,1H3/t9-,11-,12+,13-,14-/m1/s1. The van der Waals surface area contributed by atoms with Gasteiger partial charge in [-0.3, -0.25) is 4.79 Å². The Bertz CT molecular complexity index is 502. The van der Waals surface area contributed by atoms with Crippen molar-refractivity contribution in [3.8, 4) is 11.5 Å². The lowest BCUT2D eigenvalue weighted by Crippen LogP contribution is -2.59. The van der Waals surface area contributed by atoms with Crippen LogP contribution in [0.3, 0.4) is 0 Å². The maximum absolute atomic E-state index is 11.3. The number of ether oxygens (including phenoxy) is 3. The number of methoxy groups -OCH3 is 1. The van der Waals surface area contributed by atoms with Crippen molar-refractivity contribution in [2.24, 2.45) is 0 Å². The lowest BCUT2D eigenvalue weighted by Gasteiger charge is -2.39. The van der Waals surface area contributed by atoms with Crippen LogP contribution in [-0.2, 0) is 14.3 Å². The van der Waals surface area contributed by atoms with Gasteiger partial charge in [-0.2, -0.15) is 0 Å². The molecule has 1 heterocycles. The van der Waals surface area contributed by atoms with Crippen LogP contribution in [0.5, 0.6) is 11.5 Å². The van der Waals surface area contributed by atoms with Crippen LogP contribution in [0.4, 0.5) is 0 Å². The zero-order valence-corrected chi connectivity index (χ0v) is 11.8. The van der Waals surface area contributed by atoms with Gasteiger partial charge in [0.25, 0.3) is 0 Å². The first-order valence-electron chi connectivity index (χ1n) is 6.64.